The molecule has 134 valence electrons. The maximum Gasteiger partial charge on any atom is 0.307 e. The van der Waals surface area contributed by atoms with Gasteiger partial charge in [-0.1, -0.05) is 42.7 Å². The molecule has 0 bridgehead atoms. The van der Waals surface area contributed by atoms with E-state index in [0.717, 1.165) is 30.4 Å². The van der Waals surface area contributed by atoms with Crippen molar-refractivity contribution in [2.75, 3.05) is 6.54 Å². The Morgan fingerprint density at radius 1 is 1.12 bits per heavy atom. The highest BCUT2D eigenvalue weighted by Gasteiger charge is 2.13. The molecule has 0 aliphatic carbocycles. The summed E-state index contributed by atoms with van der Waals surface area (Å²) in [4.78, 5) is 26.9. The van der Waals surface area contributed by atoms with Crippen molar-refractivity contribution in [1.29, 1.82) is 0 Å². The summed E-state index contributed by atoms with van der Waals surface area (Å²) in [6.45, 7) is 2.53. The summed E-state index contributed by atoms with van der Waals surface area (Å²) in [7, 11) is 0. The van der Waals surface area contributed by atoms with Crippen LogP contribution in [0.5, 0.6) is 0 Å². The van der Waals surface area contributed by atoms with E-state index in [1.165, 1.54) is 0 Å². The second-order valence-electron chi connectivity index (χ2n) is 5.85. The highest BCUT2D eigenvalue weighted by Crippen LogP contribution is 2.20. The third kappa shape index (κ3) is 6.04. The van der Waals surface area contributed by atoms with Gasteiger partial charge in [0.05, 0.1) is 6.20 Å². The largest absolute Gasteiger partial charge is 0.432 e. The SMILES string of the molecule is Cc1ccc(-c2cnc(C(=O)NCCCCCCC(=O)NO)o2)cc1. The van der Waals surface area contributed by atoms with Gasteiger partial charge in [0.15, 0.2) is 5.76 Å². The molecule has 0 aliphatic rings. The lowest BCUT2D eigenvalue weighted by molar-refractivity contribution is -0.129. The summed E-state index contributed by atoms with van der Waals surface area (Å²) in [6, 6.07) is 7.80. The number of nitrogens with zero attached hydrogens (tertiary/aromatic N) is 1. The van der Waals surface area contributed by atoms with Crippen LogP contribution in [0.15, 0.2) is 34.9 Å². The Balaban J connectivity index is 1.69. The lowest BCUT2D eigenvalue weighted by Gasteiger charge is -2.03. The third-order valence-electron chi connectivity index (χ3n) is 3.78. The molecule has 7 heteroatoms. The van der Waals surface area contributed by atoms with Gasteiger partial charge in [-0.25, -0.2) is 10.5 Å². The number of amides is 2. The van der Waals surface area contributed by atoms with E-state index in [9.17, 15) is 9.59 Å². The fourth-order valence-electron chi connectivity index (χ4n) is 2.33. The second-order valence-corrected chi connectivity index (χ2v) is 5.85. The number of unbranched alkanes of at least 4 members (excludes halogenated alkanes) is 3. The first-order valence-corrected chi connectivity index (χ1v) is 8.34. The maximum absolute atomic E-state index is 12.0. The van der Waals surface area contributed by atoms with Gasteiger partial charge >= 0.3 is 5.91 Å². The van der Waals surface area contributed by atoms with Gasteiger partial charge < -0.3 is 9.73 Å². The zero-order valence-electron chi connectivity index (χ0n) is 14.2. The van der Waals surface area contributed by atoms with Gasteiger partial charge in [0.25, 0.3) is 5.89 Å². The van der Waals surface area contributed by atoms with E-state index in [1.54, 1.807) is 11.7 Å². The first-order valence-electron chi connectivity index (χ1n) is 8.34. The number of hydrogen-bond acceptors (Lipinski definition) is 5. The molecule has 2 amide bonds. The van der Waals surface area contributed by atoms with E-state index < -0.39 is 0 Å². The molecule has 0 spiro atoms. The number of aromatic nitrogens is 1. The lowest BCUT2D eigenvalue weighted by Crippen LogP contribution is -2.24. The number of rotatable bonds is 9. The first-order chi connectivity index (χ1) is 12.1. The Labute approximate surface area is 146 Å². The van der Waals surface area contributed by atoms with Gasteiger partial charge in [-0.3, -0.25) is 14.8 Å². The van der Waals surface area contributed by atoms with E-state index in [-0.39, 0.29) is 17.7 Å². The zero-order valence-corrected chi connectivity index (χ0v) is 14.2. The van der Waals surface area contributed by atoms with E-state index in [2.05, 4.69) is 10.3 Å². The fraction of sp³-hybridized carbons (Fsp3) is 0.389. The van der Waals surface area contributed by atoms with Crippen molar-refractivity contribution in [3.63, 3.8) is 0 Å². The third-order valence-corrected chi connectivity index (χ3v) is 3.78. The van der Waals surface area contributed by atoms with Crippen LogP contribution in [-0.2, 0) is 4.79 Å². The Kier molecular flexibility index (Phi) is 7.16. The molecule has 0 radical (unpaired) electrons. The number of carbonyl (C=O) groups is 2. The average molecular weight is 345 g/mol. The van der Waals surface area contributed by atoms with Crippen molar-refractivity contribution in [2.45, 2.75) is 39.0 Å². The monoisotopic (exact) mass is 345 g/mol. The normalized spacial score (nSPS) is 10.5. The summed E-state index contributed by atoms with van der Waals surface area (Å²) in [6.07, 6.45) is 5.11. The summed E-state index contributed by atoms with van der Waals surface area (Å²) in [5, 5.41) is 11.1. The molecule has 1 heterocycles. The lowest BCUT2D eigenvalue weighted by atomic mass is 10.1. The molecule has 0 unspecified atom stereocenters. The Bertz CT molecular complexity index is 695. The minimum absolute atomic E-state index is 0.0511. The summed E-state index contributed by atoms with van der Waals surface area (Å²) in [5.74, 6) is -0.0953. The van der Waals surface area contributed by atoms with Crippen LogP contribution in [0.25, 0.3) is 11.3 Å². The summed E-state index contributed by atoms with van der Waals surface area (Å²) >= 11 is 0. The average Bonchev–Trinajstić information content (AvgIpc) is 3.11. The topological polar surface area (TPSA) is 104 Å². The van der Waals surface area contributed by atoms with Crippen LogP contribution in [0.4, 0.5) is 0 Å². The van der Waals surface area contributed by atoms with E-state index in [0.29, 0.717) is 25.1 Å². The van der Waals surface area contributed by atoms with Crippen LogP contribution in [0.3, 0.4) is 0 Å². The highest BCUT2D eigenvalue weighted by molar-refractivity contribution is 5.89. The molecule has 0 saturated carbocycles. The van der Waals surface area contributed by atoms with Crippen LogP contribution in [0.1, 0.15) is 48.4 Å². The van der Waals surface area contributed by atoms with Crippen molar-refractivity contribution in [3.8, 4) is 11.3 Å². The number of hydrogen-bond donors (Lipinski definition) is 3. The van der Waals surface area contributed by atoms with Gasteiger partial charge in [-0.05, 0) is 19.8 Å². The zero-order chi connectivity index (χ0) is 18.1. The number of nitrogens with one attached hydrogen (secondary N) is 2. The van der Waals surface area contributed by atoms with Gasteiger partial charge in [0, 0.05) is 18.5 Å². The van der Waals surface area contributed by atoms with Crippen LogP contribution < -0.4 is 10.8 Å². The number of carbonyl (C=O) groups excluding carboxylic acids is 2. The van der Waals surface area contributed by atoms with Crippen molar-refractivity contribution in [3.05, 3.63) is 41.9 Å². The number of oxazole rings is 1. The van der Waals surface area contributed by atoms with Crippen LogP contribution in [0.2, 0.25) is 0 Å². The van der Waals surface area contributed by atoms with Crippen molar-refractivity contribution in [2.24, 2.45) is 0 Å². The molecule has 0 fully saturated rings. The number of benzene rings is 1. The number of hydroxylamine groups is 1. The standard InChI is InChI=1S/C18H23N3O4/c1-13-7-9-14(10-8-13)15-12-20-18(25-15)17(23)19-11-5-3-2-4-6-16(22)21-24/h7-10,12,24H,2-6,11H2,1H3,(H,19,23)(H,21,22). The Hall–Kier alpha value is -2.67. The summed E-state index contributed by atoms with van der Waals surface area (Å²) in [5.41, 5.74) is 3.63. The fourth-order valence-corrected chi connectivity index (χ4v) is 2.33. The molecular weight excluding hydrogens is 322 g/mol. The van der Waals surface area contributed by atoms with Gasteiger partial charge in [-0.2, -0.15) is 0 Å². The predicted molar refractivity (Wildman–Crippen MR) is 92.0 cm³/mol. The highest BCUT2D eigenvalue weighted by atomic mass is 16.5. The van der Waals surface area contributed by atoms with Crippen molar-refractivity contribution < 1.29 is 19.2 Å². The molecule has 1 aromatic carbocycles. The molecule has 0 aliphatic heterocycles. The van der Waals surface area contributed by atoms with Gasteiger partial charge in [-0.15, -0.1) is 0 Å². The molecule has 2 rings (SSSR count). The van der Waals surface area contributed by atoms with E-state index in [4.69, 9.17) is 9.62 Å². The second kappa shape index (κ2) is 9.58. The molecular formula is C18H23N3O4. The number of aryl methyl sites for hydroxylation is 1. The van der Waals surface area contributed by atoms with Crippen molar-refractivity contribution in [1.82, 2.24) is 15.8 Å². The molecule has 25 heavy (non-hydrogen) atoms. The Morgan fingerprint density at radius 2 is 1.84 bits per heavy atom. The minimum Gasteiger partial charge on any atom is -0.432 e. The minimum atomic E-state index is -0.374. The molecule has 1 aromatic heterocycles. The maximum atomic E-state index is 12.0. The molecule has 2 aromatic rings. The van der Waals surface area contributed by atoms with Crippen molar-refractivity contribution >= 4 is 11.8 Å². The quantitative estimate of drug-likeness (QED) is 0.368. The van der Waals surface area contributed by atoms with Gasteiger partial charge in [0.1, 0.15) is 0 Å². The first kappa shape index (κ1) is 18.7. The van der Waals surface area contributed by atoms with Gasteiger partial charge in [0.2, 0.25) is 5.91 Å². The smallest absolute Gasteiger partial charge is 0.307 e. The summed E-state index contributed by atoms with van der Waals surface area (Å²) < 4.78 is 5.51. The molecule has 3 N–H and O–H groups in total. The van der Waals surface area contributed by atoms with Crippen LogP contribution in [0, 0.1) is 6.92 Å². The molecule has 7 nitrogen and oxygen atoms in total. The van der Waals surface area contributed by atoms with E-state index in [1.807, 2.05) is 31.2 Å². The van der Waals surface area contributed by atoms with Crippen LogP contribution in [-0.4, -0.2) is 28.6 Å². The van der Waals surface area contributed by atoms with E-state index >= 15 is 0 Å². The molecule has 0 atom stereocenters. The Morgan fingerprint density at radius 3 is 2.56 bits per heavy atom. The predicted octanol–water partition coefficient (Wildman–Crippen LogP) is 2.84. The van der Waals surface area contributed by atoms with Crippen LogP contribution >= 0.6 is 0 Å². The molecule has 0 saturated heterocycles.